The van der Waals surface area contributed by atoms with Crippen molar-refractivity contribution in [3.63, 3.8) is 0 Å². The summed E-state index contributed by atoms with van der Waals surface area (Å²) in [6.07, 6.45) is -4.28. The second kappa shape index (κ2) is 3.93. The quantitative estimate of drug-likeness (QED) is 0.761. The zero-order valence-corrected chi connectivity index (χ0v) is 6.97. The van der Waals surface area contributed by atoms with Gasteiger partial charge in [0, 0.05) is 11.8 Å². The maximum atomic E-state index is 12.7. The summed E-state index contributed by atoms with van der Waals surface area (Å²) in [5.41, 5.74) is -0.595. The smallest absolute Gasteiger partial charge is 0.268 e. The van der Waals surface area contributed by atoms with Crippen molar-refractivity contribution in [3.8, 4) is 0 Å². The van der Waals surface area contributed by atoms with E-state index < -0.39 is 24.0 Å². The van der Waals surface area contributed by atoms with Crippen LogP contribution < -0.4 is 0 Å². The molecule has 13 heavy (non-hydrogen) atoms. The highest BCUT2D eigenvalue weighted by Crippen LogP contribution is 2.24. The molecule has 0 spiro atoms. The summed E-state index contributed by atoms with van der Waals surface area (Å²) >= 11 is 5.38. The van der Waals surface area contributed by atoms with E-state index in [1.807, 2.05) is 0 Å². The van der Waals surface area contributed by atoms with Gasteiger partial charge in [-0.15, -0.1) is 0 Å². The van der Waals surface area contributed by atoms with Gasteiger partial charge in [0.1, 0.15) is 6.10 Å². The van der Waals surface area contributed by atoms with E-state index in [-0.39, 0.29) is 5.02 Å². The largest absolute Gasteiger partial charge is 0.382 e. The summed E-state index contributed by atoms with van der Waals surface area (Å²) < 4.78 is 36.6. The van der Waals surface area contributed by atoms with Crippen molar-refractivity contribution in [2.24, 2.45) is 0 Å². The number of pyridine rings is 1. The second-order valence-corrected chi connectivity index (χ2v) is 2.75. The summed E-state index contributed by atoms with van der Waals surface area (Å²) in [6.45, 7) is 0. The predicted molar refractivity (Wildman–Crippen MR) is 40.2 cm³/mol. The average Bonchev–Trinajstić information content (AvgIpc) is 2.08. The third kappa shape index (κ3) is 2.32. The minimum atomic E-state index is -3.06. The molecule has 1 heterocycles. The summed E-state index contributed by atoms with van der Waals surface area (Å²) in [7, 11) is 0. The Morgan fingerprint density at radius 3 is 2.62 bits per heavy atom. The van der Waals surface area contributed by atoms with Gasteiger partial charge in [-0.2, -0.15) is 4.39 Å². The first-order valence-electron chi connectivity index (χ1n) is 3.29. The Bertz CT molecular complexity index is 308. The van der Waals surface area contributed by atoms with E-state index in [1.165, 1.54) is 0 Å². The number of aliphatic hydroxyl groups excluding tert-OH is 1. The molecule has 1 aromatic rings. The summed E-state index contributed by atoms with van der Waals surface area (Å²) in [5.74, 6) is -1.14. The molecule has 1 aromatic heterocycles. The molecule has 1 atom stereocenters. The fraction of sp³-hybridized carbons (Fsp3) is 0.286. The number of rotatable bonds is 2. The van der Waals surface area contributed by atoms with Crippen LogP contribution in [0.3, 0.4) is 0 Å². The van der Waals surface area contributed by atoms with Crippen LogP contribution in [0.15, 0.2) is 12.3 Å². The van der Waals surface area contributed by atoms with Crippen LogP contribution in [-0.4, -0.2) is 16.5 Å². The molecule has 0 amide bonds. The van der Waals surface area contributed by atoms with Crippen LogP contribution in [0.5, 0.6) is 0 Å². The molecule has 1 rings (SSSR count). The van der Waals surface area contributed by atoms with Gasteiger partial charge in [-0.25, -0.2) is 13.8 Å². The molecule has 0 aliphatic heterocycles. The first kappa shape index (κ1) is 10.3. The molecule has 2 nitrogen and oxygen atoms in total. The van der Waals surface area contributed by atoms with Crippen molar-refractivity contribution >= 4 is 11.6 Å². The summed E-state index contributed by atoms with van der Waals surface area (Å²) in [6, 6.07) is 0.917. The second-order valence-electron chi connectivity index (χ2n) is 2.31. The minimum absolute atomic E-state index is 0.00361. The molecular formula is C7H5ClF3NO. The zero-order chi connectivity index (χ0) is 10.0. The van der Waals surface area contributed by atoms with Gasteiger partial charge in [-0.3, -0.25) is 0 Å². The Morgan fingerprint density at radius 2 is 2.08 bits per heavy atom. The lowest BCUT2D eigenvalue weighted by atomic mass is 10.1. The summed E-state index contributed by atoms with van der Waals surface area (Å²) in [4.78, 5) is 3.09. The Morgan fingerprint density at radius 1 is 1.46 bits per heavy atom. The van der Waals surface area contributed by atoms with Gasteiger partial charge in [0.15, 0.2) is 0 Å². The lowest BCUT2D eigenvalue weighted by Crippen LogP contribution is -2.10. The predicted octanol–water partition coefficient (Wildman–Crippen LogP) is 2.17. The van der Waals surface area contributed by atoms with E-state index in [9.17, 15) is 13.2 Å². The van der Waals surface area contributed by atoms with E-state index in [0.717, 1.165) is 12.3 Å². The number of hydrogen-bond donors (Lipinski definition) is 1. The first-order valence-corrected chi connectivity index (χ1v) is 3.67. The molecule has 1 unspecified atom stereocenters. The number of alkyl halides is 2. The van der Waals surface area contributed by atoms with E-state index in [2.05, 4.69) is 4.98 Å². The standard InChI is InChI=1S/C7H5ClF3NO/c8-3-1-4(5(13)6(9)10)7(11)12-2-3/h1-2,5-6,13H. The number of halogens is 4. The van der Waals surface area contributed by atoms with Crippen LogP contribution in [0.2, 0.25) is 5.02 Å². The van der Waals surface area contributed by atoms with E-state index in [1.54, 1.807) is 0 Å². The Kier molecular flexibility index (Phi) is 3.11. The molecule has 1 N–H and O–H groups in total. The molecule has 72 valence electrons. The third-order valence-electron chi connectivity index (χ3n) is 1.39. The van der Waals surface area contributed by atoms with Gasteiger partial charge < -0.3 is 5.11 Å². The van der Waals surface area contributed by atoms with E-state index >= 15 is 0 Å². The number of aromatic nitrogens is 1. The molecule has 6 heteroatoms. The molecule has 0 aliphatic carbocycles. The van der Waals surface area contributed by atoms with Gasteiger partial charge >= 0.3 is 0 Å². The van der Waals surface area contributed by atoms with Gasteiger partial charge in [-0.1, -0.05) is 11.6 Å². The normalized spacial score (nSPS) is 13.4. The Balaban J connectivity index is 3.05. The van der Waals surface area contributed by atoms with Crippen LogP contribution in [0.4, 0.5) is 13.2 Å². The molecular weight excluding hydrogens is 207 g/mol. The number of aliphatic hydroxyl groups is 1. The van der Waals surface area contributed by atoms with Crippen LogP contribution in [0.25, 0.3) is 0 Å². The maximum Gasteiger partial charge on any atom is 0.268 e. The fourth-order valence-electron chi connectivity index (χ4n) is 0.781. The van der Waals surface area contributed by atoms with Crippen LogP contribution in [0, 0.1) is 5.95 Å². The van der Waals surface area contributed by atoms with Crippen LogP contribution in [0.1, 0.15) is 11.7 Å². The monoisotopic (exact) mass is 211 g/mol. The first-order chi connectivity index (χ1) is 6.02. The Hall–Kier alpha value is -0.810. The van der Waals surface area contributed by atoms with Gasteiger partial charge in [0.25, 0.3) is 6.43 Å². The van der Waals surface area contributed by atoms with Crippen molar-refractivity contribution in [2.75, 3.05) is 0 Å². The van der Waals surface area contributed by atoms with Crippen molar-refractivity contribution in [1.82, 2.24) is 4.98 Å². The highest BCUT2D eigenvalue weighted by molar-refractivity contribution is 6.30. The highest BCUT2D eigenvalue weighted by atomic mass is 35.5. The topological polar surface area (TPSA) is 33.1 Å². The molecule has 0 fully saturated rings. The molecule has 0 aromatic carbocycles. The van der Waals surface area contributed by atoms with Crippen LogP contribution in [-0.2, 0) is 0 Å². The van der Waals surface area contributed by atoms with Gasteiger partial charge in [0.2, 0.25) is 5.95 Å². The molecule has 0 bridgehead atoms. The molecule has 0 aliphatic rings. The van der Waals surface area contributed by atoms with E-state index in [0.29, 0.717) is 0 Å². The average molecular weight is 212 g/mol. The van der Waals surface area contributed by atoms with Gasteiger partial charge in [-0.05, 0) is 6.07 Å². The van der Waals surface area contributed by atoms with Gasteiger partial charge in [0.05, 0.1) is 5.02 Å². The van der Waals surface area contributed by atoms with E-state index in [4.69, 9.17) is 16.7 Å². The van der Waals surface area contributed by atoms with Crippen molar-refractivity contribution in [1.29, 1.82) is 0 Å². The number of nitrogens with zero attached hydrogens (tertiary/aromatic N) is 1. The summed E-state index contributed by atoms with van der Waals surface area (Å²) in [5, 5.41) is 8.81. The van der Waals surface area contributed by atoms with Crippen molar-refractivity contribution in [3.05, 3.63) is 28.8 Å². The maximum absolute atomic E-state index is 12.7. The van der Waals surface area contributed by atoms with Crippen molar-refractivity contribution < 1.29 is 18.3 Å². The fourth-order valence-corrected chi connectivity index (χ4v) is 0.948. The SMILES string of the molecule is OC(c1cc(Cl)cnc1F)C(F)F. The molecule has 0 radical (unpaired) electrons. The zero-order valence-electron chi connectivity index (χ0n) is 6.22. The lowest BCUT2D eigenvalue weighted by Gasteiger charge is -2.09. The lowest BCUT2D eigenvalue weighted by molar-refractivity contribution is -0.00811. The number of hydrogen-bond acceptors (Lipinski definition) is 2. The molecule has 0 saturated carbocycles. The van der Waals surface area contributed by atoms with Crippen molar-refractivity contribution in [2.45, 2.75) is 12.5 Å². The third-order valence-corrected chi connectivity index (χ3v) is 1.60. The Labute approximate surface area is 77.0 Å². The highest BCUT2D eigenvalue weighted by Gasteiger charge is 2.23. The van der Waals surface area contributed by atoms with Crippen LogP contribution >= 0.6 is 11.6 Å². The molecule has 0 saturated heterocycles. The minimum Gasteiger partial charge on any atom is -0.382 e.